The number of ether oxygens (including phenoxy) is 1. The molecule has 3 nitrogen and oxygen atoms in total. The summed E-state index contributed by atoms with van der Waals surface area (Å²) in [5.41, 5.74) is 0.243. The maximum Gasteiger partial charge on any atom is 0.0645 e. The maximum absolute atomic E-state index is 9.90. The number of aliphatic hydroxyl groups excluding tert-OH is 1. The first-order chi connectivity index (χ1) is 8.47. The summed E-state index contributed by atoms with van der Waals surface area (Å²) in [6.45, 7) is 10.9. The molecule has 2 atom stereocenters. The van der Waals surface area contributed by atoms with Gasteiger partial charge in [0.15, 0.2) is 0 Å². The van der Waals surface area contributed by atoms with E-state index in [4.69, 9.17) is 4.74 Å². The fourth-order valence-corrected chi connectivity index (χ4v) is 3.69. The molecule has 2 fully saturated rings. The Morgan fingerprint density at radius 2 is 2.17 bits per heavy atom. The second-order valence-electron chi connectivity index (χ2n) is 7.15. The van der Waals surface area contributed by atoms with Gasteiger partial charge >= 0.3 is 0 Å². The molecular weight excluding hydrogens is 226 g/mol. The third kappa shape index (κ3) is 3.06. The molecular formula is C15H29NO2. The third-order valence-electron chi connectivity index (χ3n) is 4.86. The SMILES string of the molecule is CC1CCCC(CO)(CN2CCOCC2(C)C)C1. The van der Waals surface area contributed by atoms with E-state index in [9.17, 15) is 5.11 Å². The summed E-state index contributed by atoms with van der Waals surface area (Å²) >= 11 is 0. The molecule has 0 bridgehead atoms. The summed E-state index contributed by atoms with van der Waals surface area (Å²) in [5, 5.41) is 9.90. The number of morpholine rings is 1. The first-order valence-corrected chi connectivity index (χ1v) is 7.41. The molecule has 2 unspecified atom stereocenters. The molecule has 2 aliphatic rings. The summed E-state index contributed by atoms with van der Waals surface area (Å²) < 4.78 is 5.59. The quantitative estimate of drug-likeness (QED) is 0.840. The molecule has 0 spiro atoms. The van der Waals surface area contributed by atoms with Crippen molar-refractivity contribution in [1.82, 2.24) is 4.90 Å². The van der Waals surface area contributed by atoms with Crippen molar-refractivity contribution in [2.45, 2.75) is 52.0 Å². The van der Waals surface area contributed by atoms with Gasteiger partial charge in [-0.3, -0.25) is 4.90 Å². The van der Waals surface area contributed by atoms with Crippen LogP contribution in [0.15, 0.2) is 0 Å². The molecule has 1 heterocycles. The largest absolute Gasteiger partial charge is 0.396 e. The molecule has 1 aliphatic carbocycles. The highest BCUT2D eigenvalue weighted by molar-refractivity contribution is 4.93. The molecule has 106 valence electrons. The molecule has 0 aromatic heterocycles. The van der Waals surface area contributed by atoms with Crippen LogP contribution < -0.4 is 0 Å². The lowest BCUT2D eigenvalue weighted by molar-refractivity contribution is -0.0840. The number of hydrogen-bond acceptors (Lipinski definition) is 3. The first-order valence-electron chi connectivity index (χ1n) is 7.41. The molecule has 2 rings (SSSR count). The van der Waals surface area contributed by atoms with Gasteiger partial charge in [-0.2, -0.15) is 0 Å². The van der Waals surface area contributed by atoms with Gasteiger partial charge in [-0.05, 0) is 32.6 Å². The molecule has 3 heteroatoms. The Balaban J connectivity index is 2.04. The zero-order valence-corrected chi connectivity index (χ0v) is 12.2. The van der Waals surface area contributed by atoms with Crippen LogP contribution in [0, 0.1) is 11.3 Å². The molecule has 0 aromatic rings. The molecule has 1 saturated carbocycles. The van der Waals surface area contributed by atoms with Crippen LogP contribution in [0.25, 0.3) is 0 Å². The van der Waals surface area contributed by atoms with E-state index in [1.165, 1.54) is 25.7 Å². The fourth-order valence-electron chi connectivity index (χ4n) is 3.69. The van der Waals surface area contributed by atoms with Gasteiger partial charge in [-0.1, -0.05) is 19.8 Å². The second kappa shape index (κ2) is 5.48. The molecule has 0 amide bonds. The topological polar surface area (TPSA) is 32.7 Å². The Hall–Kier alpha value is -0.120. The van der Waals surface area contributed by atoms with E-state index in [2.05, 4.69) is 25.7 Å². The van der Waals surface area contributed by atoms with E-state index >= 15 is 0 Å². The van der Waals surface area contributed by atoms with Crippen LogP contribution in [0.3, 0.4) is 0 Å². The molecule has 0 radical (unpaired) electrons. The highest BCUT2D eigenvalue weighted by Gasteiger charge is 2.40. The van der Waals surface area contributed by atoms with Gasteiger partial charge < -0.3 is 9.84 Å². The summed E-state index contributed by atoms with van der Waals surface area (Å²) in [4.78, 5) is 2.53. The zero-order chi connectivity index (χ0) is 13.2. The normalized spacial score (nSPS) is 37.7. The summed E-state index contributed by atoms with van der Waals surface area (Å²) in [6.07, 6.45) is 4.96. The van der Waals surface area contributed by atoms with Gasteiger partial charge in [-0.15, -0.1) is 0 Å². The lowest BCUT2D eigenvalue weighted by atomic mass is 9.70. The van der Waals surface area contributed by atoms with Crippen LogP contribution >= 0.6 is 0 Å². The monoisotopic (exact) mass is 255 g/mol. The highest BCUT2D eigenvalue weighted by Crippen LogP contribution is 2.41. The maximum atomic E-state index is 9.90. The Morgan fingerprint density at radius 1 is 1.39 bits per heavy atom. The number of hydrogen-bond donors (Lipinski definition) is 1. The van der Waals surface area contributed by atoms with Crippen molar-refractivity contribution in [1.29, 1.82) is 0 Å². The van der Waals surface area contributed by atoms with Crippen molar-refractivity contribution < 1.29 is 9.84 Å². The lowest BCUT2D eigenvalue weighted by Gasteiger charge is -2.49. The van der Waals surface area contributed by atoms with Crippen molar-refractivity contribution in [2.24, 2.45) is 11.3 Å². The van der Waals surface area contributed by atoms with Crippen LogP contribution in [-0.4, -0.2) is 48.5 Å². The van der Waals surface area contributed by atoms with E-state index in [-0.39, 0.29) is 11.0 Å². The summed E-state index contributed by atoms with van der Waals surface area (Å²) in [7, 11) is 0. The van der Waals surface area contributed by atoms with Crippen molar-refractivity contribution in [3.05, 3.63) is 0 Å². The first kappa shape index (κ1) is 14.3. The average Bonchev–Trinajstić information content (AvgIpc) is 2.32. The Bertz CT molecular complexity index is 280. The van der Waals surface area contributed by atoms with Crippen LogP contribution in [0.5, 0.6) is 0 Å². The summed E-state index contributed by atoms with van der Waals surface area (Å²) in [5.74, 6) is 0.759. The average molecular weight is 255 g/mol. The second-order valence-corrected chi connectivity index (χ2v) is 7.15. The van der Waals surface area contributed by atoms with E-state index in [0.717, 1.165) is 32.2 Å². The van der Waals surface area contributed by atoms with Crippen molar-refractivity contribution >= 4 is 0 Å². The van der Waals surface area contributed by atoms with Crippen LogP contribution in [-0.2, 0) is 4.74 Å². The molecule has 0 aromatic carbocycles. The van der Waals surface area contributed by atoms with E-state index in [0.29, 0.717) is 6.61 Å². The van der Waals surface area contributed by atoms with Gasteiger partial charge in [0.05, 0.1) is 13.2 Å². The van der Waals surface area contributed by atoms with Crippen molar-refractivity contribution in [3.8, 4) is 0 Å². The predicted octanol–water partition coefficient (Wildman–Crippen LogP) is 2.29. The van der Waals surface area contributed by atoms with E-state index in [1.54, 1.807) is 0 Å². The van der Waals surface area contributed by atoms with Gasteiger partial charge in [0.25, 0.3) is 0 Å². The highest BCUT2D eigenvalue weighted by atomic mass is 16.5. The van der Waals surface area contributed by atoms with Crippen LogP contribution in [0.2, 0.25) is 0 Å². The van der Waals surface area contributed by atoms with Gasteiger partial charge in [0, 0.05) is 30.7 Å². The minimum absolute atomic E-state index is 0.112. The Kier molecular flexibility index (Phi) is 4.35. The number of nitrogens with zero attached hydrogens (tertiary/aromatic N) is 1. The molecule has 1 aliphatic heterocycles. The molecule has 1 saturated heterocycles. The van der Waals surface area contributed by atoms with Crippen LogP contribution in [0.1, 0.15) is 46.5 Å². The van der Waals surface area contributed by atoms with Crippen molar-refractivity contribution in [2.75, 3.05) is 32.9 Å². The van der Waals surface area contributed by atoms with Crippen LogP contribution in [0.4, 0.5) is 0 Å². The third-order valence-corrected chi connectivity index (χ3v) is 4.86. The Morgan fingerprint density at radius 3 is 2.78 bits per heavy atom. The lowest BCUT2D eigenvalue weighted by Crippen LogP contribution is -2.57. The molecule has 1 N–H and O–H groups in total. The zero-order valence-electron chi connectivity index (χ0n) is 12.2. The summed E-state index contributed by atoms with van der Waals surface area (Å²) in [6, 6.07) is 0. The minimum Gasteiger partial charge on any atom is -0.396 e. The fraction of sp³-hybridized carbons (Fsp3) is 1.00. The van der Waals surface area contributed by atoms with Gasteiger partial charge in [-0.25, -0.2) is 0 Å². The van der Waals surface area contributed by atoms with Gasteiger partial charge in [0.2, 0.25) is 0 Å². The van der Waals surface area contributed by atoms with Gasteiger partial charge in [0.1, 0.15) is 0 Å². The number of aliphatic hydroxyl groups is 1. The standard InChI is InChI=1S/C15H29NO2/c1-13-5-4-6-15(9-13,11-17)10-16-7-8-18-12-14(16,2)3/h13,17H,4-12H2,1-3H3. The van der Waals surface area contributed by atoms with E-state index < -0.39 is 0 Å². The van der Waals surface area contributed by atoms with E-state index in [1.807, 2.05) is 0 Å². The smallest absolute Gasteiger partial charge is 0.0645 e. The molecule has 18 heavy (non-hydrogen) atoms. The number of rotatable bonds is 3. The Labute approximate surface area is 112 Å². The minimum atomic E-state index is 0.112. The predicted molar refractivity (Wildman–Crippen MR) is 73.6 cm³/mol. The van der Waals surface area contributed by atoms with Crippen molar-refractivity contribution in [3.63, 3.8) is 0 Å².